The van der Waals surface area contributed by atoms with Crippen LogP contribution in [0.4, 0.5) is 0 Å². The highest BCUT2D eigenvalue weighted by atomic mass is 35.5. The average molecular weight is 420 g/mol. The Morgan fingerprint density at radius 2 is 1.75 bits per heavy atom. The molecule has 1 amide bonds. The number of hydrogen-bond donors (Lipinski definition) is 2. The molecule has 0 saturated carbocycles. The third kappa shape index (κ3) is 5.34. The monoisotopic (exact) mass is 419 g/mol. The number of hydrogen-bond acceptors (Lipinski definition) is 3. The van der Waals surface area contributed by atoms with Crippen molar-refractivity contribution in [3.8, 4) is 0 Å². The average Bonchev–Trinajstić information content (AvgIpc) is 3.09. The van der Waals surface area contributed by atoms with Gasteiger partial charge in [0.05, 0.1) is 4.90 Å². The summed E-state index contributed by atoms with van der Waals surface area (Å²) in [7, 11) is -3.64. The SMILES string of the molecule is O=C(CCNS(=O)(=O)c1ccc(Cl)cc1)NCCCn1ccc2ccccc21. The van der Waals surface area contributed by atoms with Crippen LogP contribution in [0.5, 0.6) is 0 Å². The fourth-order valence-electron chi connectivity index (χ4n) is 2.90. The molecular weight excluding hydrogens is 398 g/mol. The van der Waals surface area contributed by atoms with Gasteiger partial charge in [-0.25, -0.2) is 13.1 Å². The second-order valence-electron chi connectivity index (χ2n) is 6.37. The van der Waals surface area contributed by atoms with Gasteiger partial charge < -0.3 is 9.88 Å². The van der Waals surface area contributed by atoms with E-state index in [2.05, 4.69) is 32.8 Å². The quantitative estimate of drug-likeness (QED) is 0.523. The summed E-state index contributed by atoms with van der Waals surface area (Å²) in [5.41, 5.74) is 1.17. The van der Waals surface area contributed by atoms with E-state index in [-0.39, 0.29) is 23.8 Å². The highest BCUT2D eigenvalue weighted by Crippen LogP contribution is 2.15. The van der Waals surface area contributed by atoms with Crippen LogP contribution < -0.4 is 10.0 Å². The number of carbonyl (C=O) groups is 1. The fourth-order valence-corrected chi connectivity index (χ4v) is 4.06. The molecule has 0 fully saturated rings. The van der Waals surface area contributed by atoms with Crippen LogP contribution in [0.3, 0.4) is 0 Å². The lowest BCUT2D eigenvalue weighted by Gasteiger charge is -2.09. The lowest BCUT2D eigenvalue weighted by Crippen LogP contribution is -2.31. The van der Waals surface area contributed by atoms with E-state index in [1.165, 1.54) is 35.2 Å². The van der Waals surface area contributed by atoms with Crippen molar-refractivity contribution in [3.05, 3.63) is 65.8 Å². The third-order valence-electron chi connectivity index (χ3n) is 4.35. The summed E-state index contributed by atoms with van der Waals surface area (Å²) in [6.45, 7) is 1.38. The number of nitrogens with zero attached hydrogens (tertiary/aromatic N) is 1. The molecule has 8 heteroatoms. The molecule has 28 heavy (non-hydrogen) atoms. The maximum absolute atomic E-state index is 12.1. The highest BCUT2D eigenvalue weighted by Gasteiger charge is 2.13. The number of aromatic nitrogens is 1. The number of aryl methyl sites for hydroxylation is 1. The van der Waals surface area contributed by atoms with Gasteiger partial charge in [-0.1, -0.05) is 29.8 Å². The molecule has 0 bridgehead atoms. The van der Waals surface area contributed by atoms with E-state index in [0.717, 1.165) is 13.0 Å². The zero-order valence-electron chi connectivity index (χ0n) is 15.3. The van der Waals surface area contributed by atoms with Gasteiger partial charge in [-0.15, -0.1) is 0 Å². The molecular formula is C20H22ClN3O3S. The summed E-state index contributed by atoms with van der Waals surface area (Å²) < 4.78 is 28.8. The maximum atomic E-state index is 12.1. The molecule has 1 heterocycles. The summed E-state index contributed by atoms with van der Waals surface area (Å²) in [6, 6.07) is 16.1. The van der Waals surface area contributed by atoms with E-state index in [4.69, 9.17) is 11.6 Å². The summed E-state index contributed by atoms with van der Waals surface area (Å²) in [5, 5.41) is 4.48. The molecule has 0 radical (unpaired) electrons. The third-order valence-corrected chi connectivity index (χ3v) is 6.08. The van der Waals surface area contributed by atoms with Crippen molar-refractivity contribution in [1.82, 2.24) is 14.6 Å². The molecule has 0 unspecified atom stereocenters. The van der Waals surface area contributed by atoms with E-state index < -0.39 is 10.0 Å². The molecule has 2 N–H and O–H groups in total. The Morgan fingerprint density at radius 1 is 1.00 bits per heavy atom. The van der Waals surface area contributed by atoms with Gasteiger partial charge in [0, 0.05) is 42.8 Å². The molecule has 0 aliphatic rings. The molecule has 0 spiro atoms. The Kier molecular flexibility index (Phi) is 6.72. The highest BCUT2D eigenvalue weighted by molar-refractivity contribution is 7.89. The maximum Gasteiger partial charge on any atom is 0.240 e. The lowest BCUT2D eigenvalue weighted by molar-refractivity contribution is -0.120. The van der Waals surface area contributed by atoms with E-state index in [1.54, 1.807) is 0 Å². The van der Waals surface area contributed by atoms with Gasteiger partial charge in [0.25, 0.3) is 0 Å². The zero-order chi connectivity index (χ0) is 20.0. The van der Waals surface area contributed by atoms with Gasteiger partial charge in [0.15, 0.2) is 0 Å². The second-order valence-corrected chi connectivity index (χ2v) is 8.58. The number of amides is 1. The van der Waals surface area contributed by atoms with Gasteiger partial charge in [0.1, 0.15) is 0 Å². The van der Waals surface area contributed by atoms with Crippen LogP contribution in [0.2, 0.25) is 5.02 Å². The molecule has 3 aromatic rings. The Morgan fingerprint density at radius 3 is 2.54 bits per heavy atom. The smallest absolute Gasteiger partial charge is 0.240 e. The summed E-state index contributed by atoms with van der Waals surface area (Å²) in [5.74, 6) is -0.184. The van der Waals surface area contributed by atoms with Crippen LogP contribution in [0.1, 0.15) is 12.8 Å². The Hall–Kier alpha value is -2.35. The number of halogens is 1. The first-order valence-corrected chi connectivity index (χ1v) is 10.9. The first kappa shape index (κ1) is 20.4. The lowest BCUT2D eigenvalue weighted by atomic mass is 10.2. The summed E-state index contributed by atoms with van der Waals surface area (Å²) >= 11 is 5.76. The minimum atomic E-state index is -3.64. The first-order chi connectivity index (χ1) is 13.5. The predicted molar refractivity (Wildman–Crippen MR) is 111 cm³/mol. The van der Waals surface area contributed by atoms with Crippen LogP contribution in [-0.2, 0) is 21.4 Å². The standard InChI is InChI=1S/C20H22ClN3O3S/c21-17-6-8-18(9-7-17)28(26,27)23-13-10-20(25)22-12-3-14-24-15-11-16-4-1-2-5-19(16)24/h1-2,4-9,11,15,23H,3,10,12-14H2,(H,22,25). The van der Waals surface area contributed by atoms with Crippen molar-refractivity contribution in [2.75, 3.05) is 13.1 Å². The molecule has 0 saturated heterocycles. The normalized spacial score (nSPS) is 11.6. The number of rotatable bonds is 9. The number of carbonyl (C=O) groups excluding carboxylic acids is 1. The minimum absolute atomic E-state index is 0.0407. The second kappa shape index (κ2) is 9.23. The number of para-hydroxylation sites is 1. The molecule has 3 rings (SSSR count). The number of sulfonamides is 1. The molecule has 1 aromatic heterocycles. The van der Waals surface area contributed by atoms with Crippen molar-refractivity contribution in [3.63, 3.8) is 0 Å². The van der Waals surface area contributed by atoms with Gasteiger partial charge in [-0.05, 0) is 48.2 Å². The van der Waals surface area contributed by atoms with E-state index in [1.807, 2.05) is 18.3 Å². The van der Waals surface area contributed by atoms with Crippen molar-refractivity contribution >= 4 is 38.4 Å². The largest absolute Gasteiger partial charge is 0.356 e. The van der Waals surface area contributed by atoms with Crippen molar-refractivity contribution in [1.29, 1.82) is 0 Å². The van der Waals surface area contributed by atoms with Crippen LogP contribution in [-0.4, -0.2) is 32.0 Å². The Balaban J connectivity index is 1.37. The molecule has 148 valence electrons. The Labute approximate surface area is 169 Å². The van der Waals surface area contributed by atoms with Crippen LogP contribution in [0.25, 0.3) is 10.9 Å². The topological polar surface area (TPSA) is 80.2 Å². The number of fused-ring (bicyclic) bond motifs is 1. The predicted octanol–water partition coefficient (Wildman–Crippen LogP) is 3.17. The first-order valence-electron chi connectivity index (χ1n) is 9.01. The van der Waals surface area contributed by atoms with Crippen molar-refractivity contribution in [2.24, 2.45) is 0 Å². The van der Waals surface area contributed by atoms with Crippen LogP contribution >= 0.6 is 11.6 Å². The van der Waals surface area contributed by atoms with Crippen LogP contribution in [0, 0.1) is 0 Å². The summed E-state index contributed by atoms with van der Waals surface area (Å²) in [4.78, 5) is 12.0. The van der Waals surface area contributed by atoms with Gasteiger partial charge in [-0.2, -0.15) is 0 Å². The molecule has 2 aromatic carbocycles. The molecule has 0 aliphatic carbocycles. The van der Waals surface area contributed by atoms with E-state index in [9.17, 15) is 13.2 Å². The van der Waals surface area contributed by atoms with Gasteiger partial charge >= 0.3 is 0 Å². The van der Waals surface area contributed by atoms with Gasteiger partial charge in [-0.3, -0.25) is 4.79 Å². The molecule has 6 nitrogen and oxygen atoms in total. The fraction of sp³-hybridized carbons (Fsp3) is 0.250. The molecule has 0 aliphatic heterocycles. The molecule has 0 atom stereocenters. The van der Waals surface area contributed by atoms with Crippen molar-refractivity contribution < 1.29 is 13.2 Å². The van der Waals surface area contributed by atoms with Crippen molar-refractivity contribution in [2.45, 2.75) is 24.3 Å². The van der Waals surface area contributed by atoms with E-state index >= 15 is 0 Å². The van der Waals surface area contributed by atoms with Crippen LogP contribution in [0.15, 0.2) is 65.7 Å². The number of benzene rings is 2. The van der Waals surface area contributed by atoms with Gasteiger partial charge in [0.2, 0.25) is 15.9 Å². The van der Waals surface area contributed by atoms with E-state index in [0.29, 0.717) is 11.6 Å². The Bertz CT molecular complexity index is 1050. The summed E-state index contributed by atoms with van der Waals surface area (Å²) in [6.07, 6.45) is 2.91. The minimum Gasteiger partial charge on any atom is -0.356 e. The zero-order valence-corrected chi connectivity index (χ0v) is 16.8. The number of nitrogens with one attached hydrogen (secondary N) is 2.